The Morgan fingerprint density at radius 2 is 1.82 bits per heavy atom. The van der Waals surface area contributed by atoms with Crippen LogP contribution in [0.15, 0.2) is 29.2 Å². The molecule has 0 bridgehead atoms. The van der Waals surface area contributed by atoms with E-state index >= 15 is 0 Å². The van der Waals surface area contributed by atoms with Crippen molar-refractivity contribution in [1.82, 2.24) is 15.1 Å². The molecule has 1 aromatic carbocycles. The summed E-state index contributed by atoms with van der Waals surface area (Å²) in [7, 11) is -1.08. The lowest BCUT2D eigenvalue weighted by atomic mass is 10.0. The summed E-state index contributed by atoms with van der Waals surface area (Å²) < 4.78 is 23.0. The highest BCUT2D eigenvalue weighted by molar-refractivity contribution is 7.90. The van der Waals surface area contributed by atoms with Crippen LogP contribution in [0.5, 0.6) is 0 Å². The Labute approximate surface area is 132 Å². The average molecular weight is 321 g/mol. The molecule has 6 heteroatoms. The quantitative estimate of drug-likeness (QED) is 0.919. The summed E-state index contributed by atoms with van der Waals surface area (Å²) in [5.41, 5.74) is 4.41. The highest BCUT2D eigenvalue weighted by Crippen LogP contribution is 2.25. The molecule has 0 saturated carbocycles. The normalized spacial score (nSPS) is 13.5. The van der Waals surface area contributed by atoms with Crippen LogP contribution in [0.25, 0.3) is 0 Å². The van der Waals surface area contributed by atoms with Crippen molar-refractivity contribution < 1.29 is 8.42 Å². The van der Waals surface area contributed by atoms with Crippen LogP contribution in [-0.2, 0) is 16.4 Å². The number of H-pyrrole nitrogens is 1. The smallest absolute Gasteiger partial charge is 0.175 e. The third-order valence-corrected chi connectivity index (χ3v) is 5.18. The molecule has 120 valence electrons. The summed E-state index contributed by atoms with van der Waals surface area (Å²) in [5, 5.41) is 7.26. The van der Waals surface area contributed by atoms with Crippen LogP contribution in [-0.4, -0.2) is 36.8 Å². The van der Waals surface area contributed by atoms with E-state index in [0.29, 0.717) is 4.90 Å². The first-order chi connectivity index (χ1) is 10.2. The highest BCUT2D eigenvalue weighted by atomic mass is 32.2. The molecular weight excluding hydrogens is 298 g/mol. The van der Waals surface area contributed by atoms with Gasteiger partial charge in [-0.25, -0.2) is 8.42 Å². The van der Waals surface area contributed by atoms with E-state index in [2.05, 4.69) is 29.1 Å². The fraction of sp³-hybridized carbons (Fsp3) is 0.438. The Balaban J connectivity index is 2.13. The summed E-state index contributed by atoms with van der Waals surface area (Å²) in [6.45, 7) is 6.93. The van der Waals surface area contributed by atoms with Crippen LogP contribution in [0.1, 0.15) is 35.5 Å². The van der Waals surface area contributed by atoms with Crippen molar-refractivity contribution in [3.05, 3.63) is 46.8 Å². The molecule has 1 aromatic heterocycles. The SMILES string of the molecule is Cc1n[nH]c(C)c1[C@@H](C)N(C)Cc1ccc(S(C)(=O)=O)cc1. The van der Waals surface area contributed by atoms with E-state index < -0.39 is 9.84 Å². The molecule has 2 rings (SSSR count). The number of nitrogens with one attached hydrogen (secondary N) is 1. The molecule has 5 nitrogen and oxygen atoms in total. The predicted molar refractivity (Wildman–Crippen MR) is 87.5 cm³/mol. The van der Waals surface area contributed by atoms with Gasteiger partial charge in [-0.3, -0.25) is 10.00 Å². The number of hydrogen-bond acceptors (Lipinski definition) is 4. The highest BCUT2D eigenvalue weighted by Gasteiger charge is 2.18. The minimum atomic E-state index is -3.14. The van der Waals surface area contributed by atoms with Gasteiger partial charge in [0.15, 0.2) is 9.84 Å². The number of rotatable bonds is 5. The number of sulfone groups is 1. The minimum Gasteiger partial charge on any atom is -0.295 e. The zero-order valence-corrected chi connectivity index (χ0v) is 14.5. The van der Waals surface area contributed by atoms with Gasteiger partial charge in [0.05, 0.1) is 10.6 Å². The number of nitrogens with zero attached hydrogens (tertiary/aromatic N) is 2. The van der Waals surface area contributed by atoms with Crippen molar-refractivity contribution in [1.29, 1.82) is 0 Å². The minimum absolute atomic E-state index is 0.230. The maximum Gasteiger partial charge on any atom is 0.175 e. The molecule has 0 fully saturated rings. The van der Waals surface area contributed by atoms with Crippen molar-refractivity contribution >= 4 is 9.84 Å². The van der Waals surface area contributed by atoms with E-state index in [9.17, 15) is 8.42 Å². The first-order valence-electron chi connectivity index (χ1n) is 7.21. The van der Waals surface area contributed by atoms with Crippen LogP contribution in [0.3, 0.4) is 0 Å². The first-order valence-corrected chi connectivity index (χ1v) is 9.10. The Morgan fingerprint density at radius 3 is 2.27 bits per heavy atom. The molecule has 0 amide bonds. The van der Waals surface area contributed by atoms with Crippen molar-refractivity contribution in [3.63, 3.8) is 0 Å². The van der Waals surface area contributed by atoms with E-state index in [1.54, 1.807) is 12.1 Å². The van der Waals surface area contributed by atoms with Gasteiger partial charge in [0.1, 0.15) is 0 Å². The van der Waals surface area contributed by atoms with Gasteiger partial charge in [-0.15, -0.1) is 0 Å². The molecule has 0 aliphatic heterocycles. The van der Waals surface area contributed by atoms with Crippen molar-refractivity contribution in [3.8, 4) is 0 Å². The van der Waals surface area contributed by atoms with Crippen LogP contribution in [0.2, 0.25) is 0 Å². The summed E-state index contributed by atoms with van der Waals surface area (Å²) in [5.74, 6) is 0. The molecule has 0 unspecified atom stereocenters. The van der Waals surface area contributed by atoms with E-state index in [4.69, 9.17) is 0 Å². The number of aromatic amines is 1. The zero-order chi connectivity index (χ0) is 16.5. The predicted octanol–water partition coefficient (Wildman–Crippen LogP) is 2.62. The van der Waals surface area contributed by atoms with Gasteiger partial charge in [-0.2, -0.15) is 5.10 Å². The Hall–Kier alpha value is -1.66. The molecule has 1 atom stereocenters. The van der Waals surface area contributed by atoms with Crippen molar-refractivity contribution in [2.75, 3.05) is 13.3 Å². The molecule has 0 spiro atoms. The van der Waals surface area contributed by atoms with Crippen LogP contribution >= 0.6 is 0 Å². The number of aromatic nitrogens is 2. The standard InChI is InChI=1S/C16H23N3O2S/c1-11-16(12(2)18-17-11)13(3)19(4)10-14-6-8-15(9-7-14)22(5,20)21/h6-9,13H,10H2,1-5H3,(H,17,18)/t13-/m1/s1. The first kappa shape index (κ1) is 16.7. The van der Waals surface area contributed by atoms with E-state index in [0.717, 1.165) is 23.5 Å². The maximum absolute atomic E-state index is 11.5. The van der Waals surface area contributed by atoms with Crippen LogP contribution in [0.4, 0.5) is 0 Å². The Bertz CT molecular complexity index is 729. The largest absolute Gasteiger partial charge is 0.295 e. The number of aryl methyl sites for hydroxylation is 2. The average Bonchev–Trinajstić information content (AvgIpc) is 2.77. The van der Waals surface area contributed by atoms with Gasteiger partial charge in [0, 0.05) is 30.1 Å². The molecule has 1 N–H and O–H groups in total. The second-order valence-electron chi connectivity index (χ2n) is 5.85. The van der Waals surface area contributed by atoms with Gasteiger partial charge >= 0.3 is 0 Å². The van der Waals surface area contributed by atoms with E-state index in [-0.39, 0.29) is 6.04 Å². The second kappa shape index (κ2) is 6.22. The number of hydrogen-bond donors (Lipinski definition) is 1. The van der Waals surface area contributed by atoms with Gasteiger partial charge < -0.3 is 0 Å². The fourth-order valence-electron chi connectivity index (χ4n) is 2.66. The molecule has 0 aliphatic rings. The Kier molecular flexibility index (Phi) is 4.72. The topological polar surface area (TPSA) is 66.1 Å². The molecule has 2 aromatic rings. The maximum atomic E-state index is 11.5. The molecule has 0 saturated heterocycles. The molecule has 22 heavy (non-hydrogen) atoms. The molecule has 1 heterocycles. The van der Waals surface area contributed by atoms with Crippen molar-refractivity contribution in [2.45, 2.75) is 38.3 Å². The van der Waals surface area contributed by atoms with Gasteiger partial charge in [-0.05, 0) is 45.5 Å². The molecular formula is C16H23N3O2S. The Morgan fingerprint density at radius 1 is 1.23 bits per heavy atom. The number of benzene rings is 1. The lowest BCUT2D eigenvalue weighted by Gasteiger charge is -2.25. The van der Waals surface area contributed by atoms with Gasteiger partial charge in [0.2, 0.25) is 0 Å². The summed E-state index contributed by atoms with van der Waals surface area (Å²) in [6.07, 6.45) is 1.22. The molecule has 0 aliphatic carbocycles. The van der Waals surface area contributed by atoms with Crippen LogP contribution < -0.4 is 0 Å². The summed E-state index contributed by atoms with van der Waals surface area (Å²) in [4.78, 5) is 2.58. The van der Waals surface area contributed by atoms with Gasteiger partial charge in [0.25, 0.3) is 0 Å². The third kappa shape index (κ3) is 3.56. The van der Waals surface area contributed by atoms with E-state index in [1.165, 1.54) is 11.8 Å². The molecule has 0 radical (unpaired) electrons. The van der Waals surface area contributed by atoms with E-state index in [1.807, 2.05) is 26.0 Å². The summed E-state index contributed by atoms with van der Waals surface area (Å²) in [6, 6.07) is 7.30. The second-order valence-corrected chi connectivity index (χ2v) is 7.87. The third-order valence-electron chi connectivity index (χ3n) is 4.05. The summed E-state index contributed by atoms with van der Waals surface area (Å²) >= 11 is 0. The lowest BCUT2D eigenvalue weighted by molar-refractivity contribution is 0.251. The fourth-order valence-corrected chi connectivity index (χ4v) is 3.29. The van der Waals surface area contributed by atoms with Crippen molar-refractivity contribution in [2.24, 2.45) is 0 Å². The van der Waals surface area contributed by atoms with Crippen LogP contribution in [0, 0.1) is 13.8 Å². The monoisotopic (exact) mass is 321 g/mol. The van der Waals surface area contributed by atoms with Gasteiger partial charge in [-0.1, -0.05) is 12.1 Å². The lowest BCUT2D eigenvalue weighted by Crippen LogP contribution is -2.22. The zero-order valence-electron chi connectivity index (χ0n) is 13.7.